The molecule has 0 unspecified atom stereocenters. The van der Waals surface area contributed by atoms with Crippen molar-refractivity contribution in [2.24, 2.45) is 7.05 Å². The van der Waals surface area contributed by atoms with Crippen LogP contribution in [0.3, 0.4) is 0 Å². The predicted octanol–water partition coefficient (Wildman–Crippen LogP) is 2.95. The minimum absolute atomic E-state index is 0.267. The maximum Gasteiger partial charge on any atom is 0.276 e. The summed E-state index contributed by atoms with van der Waals surface area (Å²) in [5.74, 6) is 1.01. The van der Waals surface area contributed by atoms with Gasteiger partial charge in [0.05, 0.1) is 5.51 Å². The number of pyridine rings is 1. The number of halogens is 1. The highest BCUT2D eigenvalue weighted by Crippen LogP contribution is 2.20. The van der Waals surface area contributed by atoms with Gasteiger partial charge in [-0.3, -0.25) is 4.79 Å². The van der Waals surface area contributed by atoms with Gasteiger partial charge in [-0.05, 0) is 28.1 Å². The number of aromatic nitrogens is 4. The third-order valence-electron chi connectivity index (χ3n) is 2.78. The molecule has 1 amide bonds. The summed E-state index contributed by atoms with van der Waals surface area (Å²) >= 11 is 4.71. The number of anilines is 1. The van der Waals surface area contributed by atoms with E-state index < -0.39 is 0 Å². The van der Waals surface area contributed by atoms with E-state index in [1.54, 1.807) is 23.2 Å². The van der Waals surface area contributed by atoms with Gasteiger partial charge in [0.1, 0.15) is 21.9 Å². The van der Waals surface area contributed by atoms with E-state index in [9.17, 15) is 4.79 Å². The standard InChI is InChI=1S/C13H10BrN5OS/c1-19-5-10(14)17-12(19)8-2-3-11(15-4-8)18-13(20)9-6-21-7-16-9/h2-7H,1H3,(H,15,18,20). The van der Waals surface area contributed by atoms with Crippen molar-refractivity contribution in [3.8, 4) is 11.4 Å². The highest BCUT2D eigenvalue weighted by atomic mass is 79.9. The van der Waals surface area contributed by atoms with Crippen LogP contribution in [0.25, 0.3) is 11.4 Å². The maximum absolute atomic E-state index is 11.9. The molecule has 3 heterocycles. The molecule has 0 bridgehead atoms. The number of imidazole rings is 1. The summed E-state index contributed by atoms with van der Waals surface area (Å²) in [7, 11) is 1.91. The van der Waals surface area contributed by atoms with Gasteiger partial charge in [0, 0.05) is 30.4 Å². The summed E-state index contributed by atoms with van der Waals surface area (Å²) in [5, 5.41) is 4.39. The lowest BCUT2D eigenvalue weighted by Crippen LogP contribution is -2.13. The first-order chi connectivity index (χ1) is 10.1. The van der Waals surface area contributed by atoms with Gasteiger partial charge in [0.15, 0.2) is 0 Å². The largest absolute Gasteiger partial charge is 0.333 e. The Labute approximate surface area is 133 Å². The number of nitrogens with one attached hydrogen (secondary N) is 1. The molecule has 0 fully saturated rings. The van der Waals surface area contributed by atoms with Crippen LogP contribution in [0.1, 0.15) is 10.5 Å². The highest BCUT2D eigenvalue weighted by molar-refractivity contribution is 9.10. The van der Waals surface area contributed by atoms with Gasteiger partial charge in [-0.1, -0.05) is 0 Å². The van der Waals surface area contributed by atoms with Gasteiger partial charge < -0.3 is 9.88 Å². The van der Waals surface area contributed by atoms with Gasteiger partial charge >= 0.3 is 0 Å². The lowest BCUT2D eigenvalue weighted by atomic mass is 10.2. The number of carbonyl (C=O) groups excluding carboxylic acids is 1. The van der Waals surface area contributed by atoms with Gasteiger partial charge in [0.25, 0.3) is 5.91 Å². The van der Waals surface area contributed by atoms with E-state index >= 15 is 0 Å². The second-order valence-electron chi connectivity index (χ2n) is 4.26. The number of carbonyl (C=O) groups is 1. The molecule has 0 aliphatic rings. The summed E-state index contributed by atoms with van der Waals surface area (Å²) < 4.78 is 2.66. The van der Waals surface area contributed by atoms with Crippen LogP contribution in [0.5, 0.6) is 0 Å². The molecule has 3 aromatic heterocycles. The molecule has 8 heteroatoms. The zero-order chi connectivity index (χ0) is 14.8. The molecule has 1 N–H and O–H groups in total. The molecule has 106 valence electrons. The minimum Gasteiger partial charge on any atom is -0.333 e. The minimum atomic E-state index is -0.267. The second kappa shape index (κ2) is 5.74. The third kappa shape index (κ3) is 3.01. The SMILES string of the molecule is Cn1cc(Br)nc1-c1ccc(NC(=O)c2cscn2)nc1. The first-order valence-electron chi connectivity index (χ1n) is 5.98. The molecule has 0 saturated heterocycles. The van der Waals surface area contributed by atoms with Crippen LogP contribution in [-0.2, 0) is 7.05 Å². The van der Waals surface area contributed by atoms with Crippen molar-refractivity contribution in [1.29, 1.82) is 0 Å². The van der Waals surface area contributed by atoms with Crippen molar-refractivity contribution in [2.75, 3.05) is 5.32 Å². The molecule has 0 saturated carbocycles. The Morgan fingerprint density at radius 3 is 2.81 bits per heavy atom. The van der Waals surface area contributed by atoms with Crippen LogP contribution in [0.2, 0.25) is 0 Å². The molecular weight excluding hydrogens is 354 g/mol. The highest BCUT2D eigenvalue weighted by Gasteiger charge is 2.10. The Balaban J connectivity index is 1.78. The lowest BCUT2D eigenvalue weighted by Gasteiger charge is -2.04. The molecule has 0 aliphatic heterocycles. The summed E-state index contributed by atoms with van der Waals surface area (Å²) in [6.45, 7) is 0. The number of amides is 1. The third-order valence-corrected chi connectivity index (χ3v) is 3.74. The number of rotatable bonds is 3. The first-order valence-corrected chi connectivity index (χ1v) is 7.72. The van der Waals surface area contributed by atoms with Crippen molar-refractivity contribution in [3.05, 3.63) is 45.7 Å². The summed E-state index contributed by atoms with van der Waals surface area (Å²) in [4.78, 5) is 24.4. The molecule has 21 heavy (non-hydrogen) atoms. The van der Waals surface area contributed by atoms with Gasteiger partial charge in [-0.2, -0.15) is 0 Å². The van der Waals surface area contributed by atoms with Crippen molar-refractivity contribution in [1.82, 2.24) is 19.5 Å². The molecule has 0 aliphatic carbocycles. The normalized spacial score (nSPS) is 10.6. The average Bonchev–Trinajstić information content (AvgIpc) is 3.09. The Bertz CT molecular complexity index is 766. The van der Waals surface area contributed by atoms with E-state index in [1.165, 1.54) is 11.3 Å². The Hall–Kier alpha value is -2.06. The number of thiazole rings is 1. The summed E-state index contributed by atoms with van der Waals surface area (Å²) in [5.41, 5.74) is 2.87. The number of nitrogens with zero attached hydrogens (tertiary/aromatic N) is 4. The van der Waals surface area contributed by atoms with E-state index in [1.807, 2.05) is 23.9 Å². The van der Waals surface area contributed by atoms with Gasteiger partial charge in [-0.25, -0.2) is 15.0 Å². The van der Waals surface area contributed by atoms with Crippen molar-refractivity contribution >= 4 is 39.0 Å². The van der Waals surface area contributed by atoms with E-state index in [0.717, 1.165) is 16.0 Å². The van der Waals surface area contributed by atoms with Crippen molar-refractivity contribution in [2.45, 2.75) is 0 Å². The van der Waals surface area contributed by atoms with Crippen LogP contribution < -0.4 is 5.32 Å². The van der Waals surface area contributed by atoms with Crippen LogP contribution in [0.4, 0.5) is 5.82 Å². The second-order valence-corrected chi connectivity index (χ2v) is 5.79. The molecule has 0 spiro atoms. The first kappa shape index (κ1) is 13.9. The summed E-state index contributed by atoms with van der Waals surface area (Å²) in [6, 6.07) is 3.60. The molecule has 3 aromatic rings. The molecule has 0 atom stereocenters. The number of hydrogen-bond donors (Lipinski definition) is 1. The molecule has 0 radical (unpaired) electrons. The van der Waals surface area contributed by atoms with E-state index in [4.69, 9.17) is 0 Å². The van der Waals surface area contributed by atoms with E-state index in [2.05, 4.69) is 36.2 Å². The van der Waals surface area contributed by atoms with Crippen LogP contribution >= 0.6 is 27.3 Å². The summed E-state index contributed by atoms with van der Waals surface area (Å²) in [6.07, 6.45) is 3.54. The Morgan fingerprint density at radius 1 is 1.38 bits per heavy atom. The predicted molar refractivity (Wildman–Crippen MR) is 84.2 cm³/mol. The number of hydrogen-bond acceptors (Lipinski definition) is 5. The van der Waals surface area contributed by atoms with E-state index in [0.29, 0.717) is 11.5 Å². The molecule has 0 aromatic carbocycles. The van der Waals surface area contributed by atoms with Crippen LogP contribution in [0.15, 0.2) is 40.0 Å². The lowest BCUT2D eigenvalue weighted by molar-refractivity contribution is 0.102. The number of aryl methyl sites for hydroxylation is 1. The quantitative estimate of drug-likeness (QED) is 0.776. The smallest absolute Gasteiger partial charge is 0.276 e. The average molecular weight is 364 g/mol. The maximum atomic E-state index is 11.9. The Morgan fingerprint density at radius 2 is 2.24 bits per heavy atom. The van der Waals surface area contributed by atoms with Gasteiger partial charge in [-0.15, -0.1) is 11.3 Å². The fourth-order valence-corrected chi connectivity index (χ4v) is 2.81. The molecule has 3 rings (SSSR count). The zero-order valence-corrected chi connectivity index (χ0v) is 13.3. The van der Waals surface area contributed by atoms with Crippen LogP contribution in [0, 0.1) is 0 Å². The van der Waals surface area contributed by atoms with E-state index in [-0.39, 0.29) is 5.91 Å². The Kier molecular flexibility index (Phi) is 3.80. The monoisotopic (exact) mass is 363 g/mol. The van der Waals surface area contributed by atoms with Gasteiger partial charge in [0.2, 0.25) is 0 Å². The van der Waals surface area contributed by atoms with Crippen LogP contribution in [-0.4, -0.2) is 25.4 Å². The zero-order valence-electron chi connectivity index (χ0n) is 10.9. The fourth-order valence-electron chi connectivity index (χ4n) is 1.80. The van der Waals surface area contributed by atoms with Crippen molar-refractivity contribution in [3.63, 3.8) is 0 Å². The molecular formula is C13H10BrN5OS. The topological polar surface area (TPSA) is 72.7 Å². The fraction of sp³-hybridized carbons (Fsp3) is 0.0769. The molecule has 6 nitrogen and oxygen atoms in total. The van der Waals surface area contributed by atoms with Crippen molar-refractivity contribution < 1.29 is 4.79 Å².